The quantitative estimate of drug-likeness (QED) is 0.434. The van der Waals surface area contributed by atoms with Gasteiger partial charge in [-0.1, -0.05) is 0 Å². The van der Waals surface area contributed by atoms with Gasteiger partial charge in [-0.05, 0) is 36.4 Å². The second kappa shape index (κ2) is 7.47. The molecule has 0 unspecified atom stereocenters. The zero-order valence-electron chi connectivity index (χ0n) is 14.8. The first-order chi connectivity index (χ1) is 13.7. The molecule has 0 radical (unpaired) electrons. The summed E-state index contributed by atoms with van der Waals surface area (Å²) in [4.78, 5) is 0. The average molecular weight is 445 g/mol. The van der Waals surface area contributed by atoms with Crippen LogP contribution in [0.25, 0.3) is 21.8 Å². The maximum Gasteiger partial charge on any atom is 0.422 e. The zero-order chi connectivity index (χ0) is 22.3. The van der Waals surface area contributed by atoms with E-state index in [1.807, 2.05) is 0 Å². The molecule has 0 saturated carbocycles. The van der Waals surface area contributed by atoms with Crippen LogP contribution in [0.3, 0.4) is 0 Å². The Morgan fingerprint density at radius 1 is 0.600 bits per heavy atom. The summed E-state index contributed by atoms with van der Waals surface area (Å²) in [6.07, 6.45) is -13.9. The minimum atomic E-state index is -4.63. The van der Waals surface area contributed by atoms with Crippen LogP contribution < -0.4 is 9.47 Å². The summed E-state index contributed by atoms with van der Waals surface area (Å²) in [6, 6.07) is 6.68. The van der Waals surface area contributed by atoms with E-state index in [1.54, 1.807) is 0 Å². The number of hydrogen-bond donors (Lipinski definition) is 0. The molecule has 30 heavy (non-hydrogen) atoms. The molecule has 0 spiro atoms. The Kier molecular flexibility index (Phi) is 5.46. The number of halogens is 9. The molecule has 3 nitrogen and oxygen atoms in total. The Morgan fingerprint density at radius 3 is 1.33 bits per heavy atom. The topological polar surface area (TPSA) is 23.4 Å². The monoisotopic (exact) mass is 445 g/mol. The van der Waals surface area contributed by atoms with Crippen LogP contribution in [-0.2, 0) is 6.54 Å². The third kappa shape index (κ3) is 5.42. The van der Waals surface area contributed by atoms with E-state index in [0.717, 1.165) is 41.0 Å². The van der Waals surface area contributed by atoms with Gasteiger partial charge in [0.1, 0.15) is 18.0 Å². The highest BCUT2D eigenvalue weighted by molar-refractivity contribution is 6.09. The summed E-state index contributed by atoms with van der Waals surface area (Å²) in [6.45, 7) is -4.63. The van der Waals surface area contributed by atoms with Gasteiger partial charge in [0.15, 0.2) is 13.2 Å². The minimum absolute atomic E-state index is 0.0228. The lowest BCUT2D eigenvalue weighted by Gasteiger charge is -2.12. The van der Waals surface area contributed by atoms with Crippen LogP contribution in [0.5, 0.6) is 11.5 Å². The van der Waals surface area contributed by atoms with Gasteiger partial charge >= 0.3 is 18.5 Å². The molecular formula is C18H12F9NO2. The summed E-state index contributed by atoms with van der Waals surface area (Å²) in [5.74, 6) is -0.514. The molecule has 0 atom stereocenters. The van der Waals surface area contributed by atoms with Crippen molar-refractivity contribution in [2.45, 2.75) is 25.1 Å². The molecule has 0 fully saturated rings. The molecule has 0 aliphatic carbocycles. The summed E-state index contributed by atoms with van der Waals surface area (Å²) < 4.78 is 123. The van der Waals surface area contributed by atoms with Gasteiger partial charge in [0, 0.05) is 21.8 Å². The molecule has 164 valence electrons. The van der Waals surface area contributed by atoms with Crippen LogP contribution in [0.1, 0.15) is 0 Å². The first-order valence-corrected chi connectivity index (χ1v) is 8.24. The Balaban J connectivity index is 2.10. The molecule has 3 aromatic rings. The lowest BCUT2D eigenvalue weighted by Crippen LogP contribution is -2.19. The number of ether oxygens (including phenoxy) is 2. The molecule has 0 bridgehead atoms. The molecule has 12 heteroatoms. The van der Waals surface area contributed by atoms with Crippen LogP contribution in [0.15, 0.2) is 36.4 Å². The minimum Gasteiger partial charge on any atom is -0.484 e. The molecule has 0 aliphatic heterocycles. The second-order valence-corrected chi connectivity index (χ2v) is 6.37. The molecule has 0 aliphatic rings. The summed E-state index contributed by atoms with van der Waals surface area (Å²) in [5, 5.41) is 0.151. The molecule has 0 N–H and O–H groups in total. The summed E-state index contributed by atoms with van der Waals surface area (Å²) >= 11 is 0. The lowest BCUT2D eigenvalue weighted by atomic mass is 10.1. The van der Waals surface area contributed by atoms with Gasteiger partial charge in [-0.2, -0.15) is 39.5 Å². The van der Waals surface area contributed by atoms with Crippen molar-refractivity contribution in [3.05, 3.63) is 36.4 Å². The summed E-state index contributed by atoms with van der Waals surface area (Å²) in [5.41, 5.74) is 0.0457. The van der Waals surface area contributed by atoms with E-state index in [4.69, 9.17) is 0 Å². The third-order valence-corrected chi connectivity index (χ3v) is 3.95. The van der Waals surface area contributed by atoms with Gasteiger partial charge in [-0.15, -0.1) is 0 Å². The number of nitrogens with zero attached hydrogens (tertiary/aromatic N) is 1. The number of hydrogen-bond acceptors (Lipinski definition) is 2. The molecule has 1 aromatic heterocycles. The normalized spacial score (nSPS) is 13.2. The highest BCUT2D eigenvalue weighted by Gasteiger charge is 2.31. The Labute approximate surface area is 162 Å². The number of benzene rings is 2. The fourth-order valence-corrected chi connectivity index (χ4v) is 2.92. The number of alkyl halides is 9. The standard InChI is InChI=1S/C18H12F9NO2/c19-16(20,21)7-28-14-3-1-10(29-8-17(22,23)24)5-12(14)13-6-11(2-4-15(13)28)30-9-18(25,26)27/h1-6H,7-9H2. The molecular weight excluding hydrogens is 433 g/mol. The number of fused-ring (bicyclic) bond motifs is 3. The lowest BCUT2D eigenvalue weighted by molar-refractivity contribution is -0.154. The first kappa shape index (κ1) is 21.9. The predicted molar refractivity (Wildman–Crippen MR) is 88.6 cm³/mol. The van der Waals surface area contributed by atoms with Crippen LogP contribution in [0.4, 0.5) is 39.5 Å². The first-order valence-electron chi connectivity index (χ1n) is 8.24. The van der Waals surface area contributed by atoms with Gasteiger partial charge < -0.3 is 14.0 Å². The zero-order valence-corrected chi connectivity index (χ0v) is 14.8. The van der Waals surface area contributed by atoms with Crippen LogP contribution >= 0.6 is 0 Å². The van der Waals surface area contributed by atoms with E-state index in [1.165, 1.54) is 0 Å². The van der Waals surface area contributed by atoms with Crippen molar-refractivity contribution in [3.63, 3.8) is 0 Å². The maximum atomic E-state index is 13.0. The number of aromatic nitrogens is 1. The molecule has 0 saturated heterocycles. The smallest absolute Gasteiger partial charge is 0.422 e. The predicted octanol–water partition coefficient (Wildman–Crippen LogP) is 6.24. The third-order valence-electron chi connectivity index (χ3n) is 3.95. The van der Waals surface area contributed by atoms with Crippen molar-refractivity contribution in [3.8, 4) is 11.5 Å². The highest BCUT2D eigenvalue weighted by Crippen LogP contribution is 2.36. The van der Waals surface area contributed by atoms with E-state index in [0.29, 0.717) is 0 Å². The summed E-state index contributed by atoms with van der Waals surface area (Å²) in [7, 11) is 0. The van der Waals surface area contributed by atoms with Gasteiger partial charge in [0.25, 0.3) is 0 Å². The van der Waals surface area contributed by atoms with Crippen LogP contribution in [0.2, 0.25) is 0 Å². The SMILES string of the molecule is FC(F)(F)COc1ccc2c(c1)c1cc(OCC(F)(F)F)ccc1n2CC(F)(F)F. The van der Waals surface area contributed by atoms with Crippen LogP contribution in [0, 0.1) is 0 Å². The van der Waals surface area contributed by atoms with E-state index in [9.17, 15) is 39.5 Å². The van der Waals surface area contributed by atoms with Gasteiger partial charge in [0.2, 0.25) is 0 Å². The molecule has 2 aromatic carbocycles. The van der Waals surface area contributed by atoms with Gasteiger partial charge in [-0.3, -0.25) is 0 Å². The second-order valence-electron chi connectivity index (χ2n) is 6.37. The average Bonchev–Trinajstić information content (AvgIpc) is 2.88. The van der Waals surface area contributed by atoms with Gasteiger partial charge in [-0.25, -0.2) is 0 Å². The molecule has 0 amide bonds. The molecule has 1 heterocycles. The van der Waals surface area contributed by atoms with Crippen molar-refractivity contribution in [2.24, 2.45) is 0 Å². The fourth-order valence-electron chi connectivity index (χ4n) is 2.92. The van der Waals surface area contributed by atoms with Crippen molar-refractivity contribution < 1.29 is 49.0 Å². The maximum absolute atomic E-state index is 13.0. The van der Waals surface area contributed by atoms with Crippen molar-refractivity contribution in [1.29, 1.82) is 0 Å². The van der Waals surface area contributed by atoms with Gasteiger partial charge in [0.05, 0.1) is 0 Å². The van der Waals surface area contributed by atoms with E-state index in [2.05, 4.69) is 9.47 Å². The Morgan fingerprint density at radius 2 is 1.00 bits per heavy atom. The molecule has 3 rings (SSSR count). The Hall–Kier alpha value is -2.79. The van der Waals surface area contributed by atoms with Crippen molar-refractivity contribution in [2.75, 3.05) is 13.2 Å². The number of rotatable bonds is 5. The van der Waals surface area contributed by atoms with E-state index in [-0.39, 0.29) is 33.3 Å². The largest absolute Gasteiger partial charge is 0.484 e. The van der Waals surface area contributed by atoms with Crippen LogP contribution in [-0.4, -0.2) is 36.3 Å². The Bertz CT molecular complexity index is 973. The van der Waals surface area contributed by atoms with E-state index < -0.39 is 38.3 Å². The fraction of sp³-hybridized carbons (Fsp3) is 0.333. The van der Waals surface area contributed by atoms with E-state index >= 15 is 0 Å². The highest BCUT2D eigenvalue weighted by atomic mass is 19.4. The van der Waals surface area contributed by atoms with Crippen molar-refractivity contribution >= 4 is 21.8 Å². The van der Waals surface area contributed by atoms with Crippen molar-refractivity contribution in [1.82, 2.24) is 4.57 Å².